The van der Waals surface area contributed by atoms with Crippen molar-refractivity contribution in [1.29, 1.82) is 0 Å². The van der Waals surface area contributed by atoms with Gasteiger partial charge in [0.2, 0.25) is 0 Å². The molecule has 1 N–H and O–H groups in total. The summed E-state index contributed by atoms with van der Waals surface area (Å²) in [7, 11) is 0. The molecule has 0 radical (unpaired) electrons. The van der Waals surface area contributed by atoms with Crippen LogP contribution in [0.1, 0.15) is 27.2 Å². The van der Waals surface area contributed by atoms with Crippen molar-refractivity contribution >= 4 is 23.0 Å². The Hall–Kier alpha value is -1.81. The quantitative estimate of drug-likeness (QED) is 0.931. The number of para-hydroxylation sites is 1. The fourth-order valence-electron chi connectivity index (χ4n) is 2.63. The molecule has 1 aromatic heterocycles. The highest BCUT2D eigenvalue weighted by molar-refractivity contribution is 7.12. The van der Waals surface area contributed by atoms with Gasteiger partial charge in [0.25, 0.3) is 0 Å². The zero-order valence-corrected chi connectivity index (χ0v) is 11.3. The molecule has 98 valence electrons. The van der Waals surface area contributed by atoms with Crippen molar-refractivity contribution in [3.8, 4) is 0 Å². The van der Waals surface area contributed by atoms with Gasteiger partial charge in [0, 0.05) is 18.8 Å². The molecule has 3 nitrogen and oxygen atoms in total. The van der Waals surface area contributed by atoms with Gasteiger partial charge in [-0.2, -0.15) is 0 Å². The molecule has 0 saturated carbocycles. The number of anilines is 1. The molecule has 2 aromatic rings. The van der Waals surface area contributed by atoms with Crippen LogP contribution in [0.25, 0.3) is 0 Å². The first-order valence-corrected chi connectivity index (χ1v) is 7.26. The Morgan fingerprint density at radius 3 is 3.00 bits per heavy atom. The summed E-state index contributed by atoms with van der Waals surface area (Å²) in [4.78, 5) is 13.9. The summed E-state index contributed by atoms with van der Waals surface area (Å²) >= 11 is 1.30. The normalized spacial score (nSPS) is 14.2. The Morgan fingerprint density at radius 2 is 2.16 bits per heavy atom. The fourth-order valence-corrected chi connectivity index (χ4v) is 3.38. The van der Waals surface area contributed by atoms with Crippen LogP contribution < -0.4 is 4.90 Å². The van der Waals surface area contributed by atoms with E-state index in [0.717, 1.165) is 24.9 Å². The maximum Gasteiger partial charge on any atom is 0.346 e. The molecule has 0 bridgehead atoms. The third-order valence-electron chi connectivity index (χ3n) is 3.51. The van der Waals surface area contributed by atoms with E-state index in [1.165, 1.54) is 22.6 Å². The summed E-state index contributed by atoms with van der Waals surface area (Å²) in [5, 5.41) is 11.0. The first-order valence-electron chi connectivity index (χ1n) is 6.38. The number of aryl methyl sites for hydroxylation is 1. The van der Waals surface area contributed by atoms with Crippen molar-refractivity contribution < 1.29 is 9.90 Å². The molecule has 19 heavy (non-hydrogen) atoms. The number of carbonyl (C=O) groups is 1. The summed E-state index contributed by atoms with van der Waals surface area (Å²) in [5.74, 6) is -0.824. The number of carboxylic acid groups (broad SMARTS) is 1. The third kappa shape index (κ3) is 2.36. The summed E-state index contributed by atoms with van der Waals surface area (Å²) < 4.78 is 0. The third-order valence-corrected chi connectivity index (χ3v) is 4.45. The number of hydrogen-bond acceptors (Lipinski definition) is 3. The molecule has 0 saturated heterocycles. The molecular weight excluding hydrogens is 258 g/mol. The molecular formula is C15H15NO2S. The molecule has 2 heterocycles. The highest BCUT2D eigenvalue weighted by Crippen LogP contribution is 2.29. The van der Waals surface area contributed by atoms with Crippen molar-refractivity contribution in [3.05, 3.63) is 51.7 Å². The monoisotopic (exact) mass is 273 g/mol. The molecule has 4 heteroatoms. The number of rotatable bonds is 3. The average Bonchev–Trinajstić information content (AvgIpc) is 2.87. The summed E-state index contributed by atoms with van der Waals surface area (Å²) in [6.07, 6.45) is 2.24. The minimum Gasteiger partial charge on any atom is -0.477 e. The van der Waals surface area contributed by atoms with E-state index >= 15 is 0 Å². The zero-order chi connectivity index (χ0) is 13.2. The lowest BCUT2D eigenvalue weighted by molar-refractivity contribution is 0.0701. The summed E-state index contributed by atoms with van der Waals surface area (Å²) in [6, 6.07) is 10.3. The summed E-state index contributed by atoms with van der Waals surface area (Å²) in [5.41, 5.74) is 3.52. The topological polar surface area (TPSA) is 40.5 Å². The van der Waals surface area contributed by atoms with Crippen LogP contribution in [0.3, 0.4) is 0 Å². The largest absolute Gasteiger partial charge is 0.477 e. The predicted molar refractivity (Wildman–Crippen MR) is 77.1 cm³/mol. The van der Waals surface area contributed by atoms with Gasteiger partial charge in [0.1, 0.15) is 4.88 Å². The average molecular weight is 273 g/mol. The number of aromatic carboxylic acids is 1. The smallest absolute Gasteiger partial charge is 0.346 e. The Balaban J connectivity index is 1.89. The highest BCUT2D eigenvalue weighted by atomic mass is 32.1. The van der Waals surface area contributed by atoms with Crippen LogP contribution in [0, 0.1) is 0 Å². The molecule has 0 aliphatic carbocycles. The van der Waals surface area contributed by atoms with E-state index in [9.17, 15) is 9.90 Å². The molecule has 1 aromatic carbocycles. The molecule has 0 unspecified atom stereocenters. The number of thiophene rings is 1. The van der Waals surface area contributed by atoms with Crippen LogP contribution in [0.2, 0.25) is 0 Å². The second-order valence-electron chi connectivity index (χ2n) is 4.73. The van der Waals surface area contributed by atoms with Crippen molar-refractivity contribution in [1.82, 2.24) is 0 Å². The van der Waals surface area contributed by atoms with Crippen LogP contribution in [0.5, 0.6) is 0 Å². The SMILES string of the molecule is O=C(O)c1sccc1CN1CCCc2ccccc21. The van der Waals surface area contributed by atoms with Crippen LogP contribution >= 0.6 is 11.3 Å². The Morgan fingerprint density at radius 1 is 1.32 bits per heavy atom. The Labute approximate surface area is 116 Å². The van der Waals surface area contributed by atoms with Gasteiger partial charge in [-0.1, -0.05) is 18.2 Å². The minimum absolute atomic E-state index is 0.461. The van der Waals surface area contributed by atoms with Gasteiger partial charge in [-0.25, -0.2) is 4.79 Å². The first-order chi connectivity index (χ1) is 9.25. The fraction of sp³-hybridized carbons (Fsp3) is 0.267. The lowest BCUT2D eigenvalue weighted by Crippen LogP contribution is -2.29. The van der Waals surface area contributed by atoms with Gasteiger partial charge in [-0.3, -0.25) is 0 Å². The Bertz CT molecular complexity index is 606. The summed E-state index contributed by atoms with van der Waals surface area (Å²) in [6.45, 7) is 1.67. The second-order valence-corrected chi connectivity index (χ2v) is 5.65. The van der Waals surface area contributed by atoms with E-state index < -0.39 is 5.97 Å². The number of benzene rings is 1. The van der Waals surface area contributed by atoms with Gasteiger partial charge < -0.3 is 10.0 Å². The standard InChI is InChI=1S/C15H15NO2S/c17-15(18)14-12(7-9-19-14)10-16-8-3-5-11-4-1-2-6-13(11)16/h1-2,4,6-7,9H,3,5,8,10H2,(H,17,18). The maximum absolute atomic E-state index is 11.2. The zero-order valence-electron chi connectivity index (χ0n) is 10.5. The van der Waals surface area contributed by atoms with Crippen molar-refractivity contribution in [3.63, 3.8) is 0 Å². The lowest BCUT2D eigenvalue weighted by Gasteiger charge is -2.31. The number of fused-ring (bicyclic) bond motifs is 1. The molecule has 0 fully saturated rings. The van der Waals surface area contributed by atoms with E-state index in [1.807, 2.05) is 17.5 Å². The van der Waals surface area contributed by atoms with Gasteiger partial charge in [-0.15, -0.1) is 11.3 Å². The van der Waals surface area contributed by atoms with Crippen LogP contribution in [-0.4, -0.2) is 17.6 Å². The van der Waals surface area contributed by atoms with E-state index in [0.29, 0.717) is 11.4 Å². The predicted octanol–water partition coefficient (Wildman–Crippen LogP) is 3.40. The molecule has 0 atom stereocenters. The van der Waals surface area contributed by atoms with Gasteiger partial charge in [0.05, 0.1) is 0 Å². The van der Waals surface area contributed by atoms with Crippen molar-refractivity contribution in [2.45, 2.75) is 19.4 Å². The number of hydrogen-bond donors (Lipinski definition) is 1. The Kier molecular flexibility index (Phi) is 3.25. The second kappa shape index (κ2) is 5.05. The van der Waals surface area contributed by atoms with Crippen molar-refractivity contribution in [2.24, 2.45) is 0 Å². The van der Waals surface area contributed by atoms with Crippen LogP contribution in [0.4, 0.5) is 5.69 Å². The van der Waals surface area contributed by atoms with Gasteiger partial charge in [-0.05, 0) is 41.5 Å². The van der Waals surface area contributed by atoms with Gasteiger partial charge in [0.15, 0.2) is 0 Å². The number of carboxylic acids is 1. The molecule has 1 aliphatic rings. The molecule has 0 amide bonds. The van der Waals surface area contributed by atoms with E-state index in [1.54, 1.807) is 0 Å². The minimum atomic E-state index is -0.824. The van der Waals surface area contributed by atoms with Gasteiger partial charge >= 0.3 is 5.97 Å². The van der Waals surface area contributed by atoms with E-state index in [4.69, 9.17) is 0 Å². The molecule has 3 rings (SSSR count). The van der Waals surface area contributed by atoms with Crippen molar-refractivity contribution in [2.75, 3.05) is 11.4 Å². The lowest BCUT2D eigenvalue weighted by atomic mass is 10.0. The van der Waals surface area contributed by atoms with E-state index in [2.05, 4.69) is 23.1 Å². The maximum atomic E-state index is 11.2. The number of nitrogens with zero attached hydrogens (tertiary/aromatic N) is 1. The van der Waals surface area contributed by atoms with E-state index in [-0.39, 0.29) is 0 Å². The van der Waals surface area contributed by atoms with Crippen LogP contribution in [-0.2, 0) is 13.0 Å². The highest BCUT2D eigenvalue weighted by Gasteiger charge is 2.19. The molecule has 0 spiro atoms. The molecule has 1 aliphatic heterocycles. The first kappa shape index (κ1) is 12.2. The van der Waals surface area contributed by atoms with Crippen LogP contribution in [0.15, 0.2) is 35.7 Å².